The molecule has 6 heteroatoms. The van der Waals surface area contributed by atoms with Crippen LogP contribution in [0, 0.1) is 0 Å². The van der Waals surface area contributed by atoms with Crippen LogP contribution < -0.4 is 11.1 Å². The van der Waals surface area contributed by atoms with Crippen molar-refractivity contribution in [3.8, 4) is 0 Å². The third-order valence-corrected chi connectivity index (χ3v) is 1.80. The van der Waals surface area contributed by atoms with E-state index in [0.717, 1.165) is 0 Å². The molecule has 0 saturated heterocycles. The van der Waals surface area contributed by atoms with Gasteiger partial charge in [-0.25, -0.2) is 4.79 Å². The van der Waals surface area contributed by atoms with E-state index in [1.165, 1.54) is 13.0 Å². The number of aliphatic carboxylic acids is 1. The van der Waals surface area contributed by atoms with Gasteiger partial charge in [-0.3, -0.25) is 4.79 Å². The number of nitrogens with one attached hydrogen (secondary N) is 1. The van der Waals surface area contributed by atoms with Crippen LogP contribution in [0.2, 0.25) is 0 Å². The maximum Gasteiger partial charge on any atom is 0.328 e. The summed E-state index contributed by atoms with van der Waals surface area (Å²) >= 11 is 0. The first kappa shape index (κ1) is 13.6. The van der Waals surface area contributed by atoms with Crippen molar-refractivity contribution in [1.29, 1.82) is 0 Å². The molecule has 0 aromatic rings. The SMILES string of the molecule is C=CCC(N)C(=O)NC(C(=O)O)C(C)O. The van der Waals surface area contributed by atoms with E-state index in [2.05, 4.69) is 11.9 Å². The van der Waals surface area contributed by atoms with E-state index in [9.17, 15) is 9.59 Å². The molecule has 1 amide bonds. The minimum atomic E-state index is -1.34. The quantitative estimate of drug-likeness (QED) is 0.418. The molecule has 0 bridgehead atoms. The van der Waals surface area contributed by atoms with Gasteiger partial charge in [0.25, 0.3) is 0 Å². The molecule has 0 saturated carbocycles. The van der Waals surface area contributed by atoms with Gasteiger partial charge < -0.3 is 21.3 Å². The van der Waals surface area contributed by atoms with Crippen molar-refractivity contribution in [2.75, 3.05) is 0 Å². The Balaban J connectivity index is 4.35. The largest absolute Gasteiger partial charge is 0.480 e. The Morgan fingerprint density at radius 3 is 2.47 bits per heavy atom. The van der Waals surface area contributed by atoms with Gasteiger partial charge in [0.05, 0.1) is 12.1 Å². The summed E-state index contributed by atoms with van der Waals surface area (Å²) < 4.78 is 0. The fourth-order valence-corrected chi connectivity index (χ4v) is 0.936. The van der Waals surface area contributed by atoms with Crippen molar-refractivity contribution in [3.05, 3.63) is 12.7 Å². The van der Waals surface area contributed by atoms with E-state index in [0.29, 0.717) is 0 Å². The van der Waals surface area contributed by atoms with Crippen molar-refractivity contribution < 1.29 is 19.8 Å². The van der Waals surface area contributed by atoms with E-state index in [1.54, 1.807) is 0 Å². The van der Waals surface area contributed by atoms with Crippen molar-refractivity contribution in [2.45, 2.75) is 31.5 Å². The maximum atomic E-state index is 11.3. The number of rotatable bonds is 6. The summed E-state index contributed by atoms with van der Waals surface area (Å²) in [6.07, 6.45) is 0.530. The van der Waals surface area contributed by atoms with Crippen molar-refractivity contribution in [3.63, 3.8) is 0 Å². The van der Waals surface area contributed by atoms with Gasteiger partial charge >= 0.3 is 5.97 Å². The van der Waals surface area contributed by atoms with Crippen LogP contribution in [0.3, 0.4) is 0 Å². The van der Waals surface area contributed by atoms with Gasteiger partial charge in [0.1, 0.15) is 0 Å². The fraction of sp³-hybridized carbons (Fsp3) is 0.556. The lowest BCUT2D eigenvalue weighted by Gasteiger charge is -2.19. The molecule has 0 heterocycles. The van der Waals surface area contributed by atoms with Crippen molar-refractivity contribution in [1.82, 2.24) is 5.32 Å². The second kappa shape index (κ2) is 6.15. The Hall–Kier alpha value is -1.40. The number of amides is 1. The summed E-state index contributed by atoms with van der Waals surface area (Å²) in [7, 11) is 0. The van der Waals surface area contributed by atoms with Gasteiger partial charge in [0, 0.05) is 0 Å². The summed E-state index contributed by atoms with van der Waals surface area (Å²) in [6, 6.07) is -2.18. The van der Waals surface area contributed by atoms with Gasteiger partial charge in [-0.05, 0) is 13.3 Å². The zero-order valence-electron chi connectivity index (χ0n) is 8.51. The molecule has 0 aromatic heterocycles. The highest BCUT2D eigenvalue weighted by molar-refractivity contribution is 5.87. The smallest absolute Gasteiger partial charge is 0.328 e. The second-order valence-corrected chi connectivity index (χ2v) is 3.20. The zero-order chi connectivity index (χ0) is 12.0. The average molecular weight is 216 g/mol. The third kappa shape index (κ3) is 4.57. The van der Waals surface area contributed by atoms with Crippen LogP contribution in [-0.2, 0) is 9.59 Å². The molecule has 0 aromatic carbocycles. The summed E-state index contributed by atoms with van der Waals surface area (Å²) in [4.78, 5) is 21.9. The molecular formula is C9H16N2O4. The molecule has 0 rings (SSSR count). The number of aliphatic hydroxyl groups excluding tert-OH is 1. The van der Waals surface area contributed by atoms with Crippen LogP contribution in [0.4, 0.5) is 0 Å². The molecule has 86 valence electrons. The molecule has 5 N–H and O–H groups in total. The lowest BCUT2D eigenvalue weighted by atomic mass is 10.1. The number of hydrogen-bond acceptors (Lipinski definition) is 4. The maximum absolute atomic E-state index is 11.3. The van der Waals surface area contributed by atoms with Crippen molar-refractivity contribution in [2.24, 2.45) is 5.73 Å². The van der Waals surface area contributed by atoms with Gasteiger partial charge in [-0.2, -0.15) is 0 Å². The first-order chi connectivity index (χ1) is 6.90. The first-order valence-electron chi connectivity index (χ1n) is 4.47. The fourth-order valence-electron chi connectivity index (χ4n) is 0.936. The molecule has 0 spiro atoms. The van der Waals surface area contributed by atoms with Crippen LogP contribution >= 0.6 is 0 Å². The van der Waals surface area contributed by atoms with Gasteiger partial charge in [-0.1, -0.05) is 6.08 Å². The Morgan fingerprint density at radius 2 is 2.13 bits per heavy atom. The van der Waals surface area contributed by atoms with E-state index in [1.807, 2.05) is 0 Å². The number of nitrogens with two attached hydrogens (primary N) is 1. The van der Waals surface area contributed by atoms with Crippen LogP contribution in [0.1, 0.15) is 13.3 Å². The molecule has 3 unspecified atom stereocenters. The van der Waals surface area contributed by atoms with Crippen molar-refractivity contribution >= 4 is 11.9 Å². The lowest BCUT2D eigenvalue weighted by Crippen LogP contribution is -2.52. The van der Waals surface area contributed by atoms with Crippen LogP contribution in [-0.4, -0.2) is 40.3 Å². The molecule has 0 aliphatic rings. The number of carbonyl (C=O) groups excluding carboxylic acids is 1. The Labute approximate surface area is 87.8 Å². The van der Waals surface area contributed by atoms with Gasteiger partial charge in [0.15, 0.2) is 6.04 Å². The predicted octanol–water partition coefficient (Wildman–Crippen LogP) is -1.16. The summed E-state index contributed by atoms with van der Waals surface area (Å²) in [5, 5.41) is 19.9. The molecule has 0 aliphatic carbocycles. The Bertz CT molecular complexity index is 252. The average Bonchev–Trinajstić information content (AvgIpc) is 2.12. The molecule has 6 nitrogen and oxygen atoms in total. The minimum absolute atomic E-state index is 0.248. The highest BCUT2D eigenvalue weighted by Crippen LogP contribution is 1.96. The Morgan fingerprint density at radius 1 is 1.60 bits per heavy atom. The number of carboxylic acids is 1. The van der Waals surface area contributed by atoms with Crippen LogP contribution in [0.25, 0.3) is 0 Å². The monoisotopic (exact) mass is 216 g/mol. The summed E-state index contributed by atoms with van der Waals surface area (Å²) in [6.45, 7) is 4.68. The minimum Gasteiger partial charge on any atom is -0.480 e. The lowest BCUT2D eigenvalue weighted by molar-refractivity contribution is -0.144. The molecule has 3 atom stereocenters. The number of aliphatic hydroxyl groups is 1. The first-order valence-corrected chi connectivity index (χ1v) is 4.47. The number of carboxylic acid groups (broad SMARTS) is 1. The zero-order valence-corrected chi connectivity index (χ0v) is 8.51. The standard InChI is InChI=1S/C9H16N2O4/c1-3-4-6(10)8(13)11-7(5(2)12)9(14)15/h3,5-7,12H,1,4,10H2,2H3,(H,11,13)(H,14,15). The Kier molecular flexibility index (Phi) is 5.58. The highest BCUT2D eigenvalue weighted by atomic mass is 16.4. The van der Waals surface area contributed by atoms with Crippen LogP contribution in [0.5, 0.6) is 0 Å². The molecule has 0 aliphatic heterocycles. The summed E-state index contributed by atoms with van der Waals surface area (Å²) in [5.41, 5.74) is 5.42. The molecule has 15 heavy (non-hydrogen) atoms. The van der Waals surface area contributed by atoms with Gasteiger partial charge in [-0.15, -0.1) is 6.58 Å². The molecule has 0 fully saturated rings. The van der Waals surface area contributed by atoms with E-state index in [4.69, 9.17) is 15.9 Å². The van der Waals surface area contributed by atoms with Crippen LogP contribution in [0.15, 0.2) is 12.7 Å². The molecule has 0 radical (unpaired) electrons. The third-order valence-electron chi connectivity index (χ3n) is 1.80. The normalized spacial score (nSPS) is 16.2. The topological polar surface area (TPSA) is 113 Å². The van der Waals surface area contributed by atoms with E-state index in [-0.39, 0.29) is 6.42 Å². The summed E-state index contributed by atoms with van der Waals surface area (Å²) in [5.74, 6) is -1.92. The highest BCUT2D eigenvalue weighted by Gasteiger charge is 2.26. The van der Waals surface area contributed by atoms with E-state index < -0.39 is 30.1 Å². The molecular weight excluding hydrogens is 200 g/mol. The van der Waals surface area contributed by atoms with E-state index >= 15 is 0 Å². The van der Waals surface area contributed by atoms with Gasteiger partial charge in [0.2, 0.25) is 5.91 Å². The second-order valence-electron chi connectivity index (χ2n) is 3.20. The number of carbonyl (C=O) groups is 2. The number of hydrogen-bond donors (Lipinski definition) is 4. The predicted molar refractivity (Wildman–Crippen MR) is 54.0 cm³/mol.